The van der Waals surface area contributed by atoms with Crippen molar-refractivity contribution in [2.45, 2.75) is 83.8 Å². The number of benzene rings is 1. The van der Waals surface area contributed by atoms with E-state index in [0.717, 1.165) is 18.8 Å². The zero-order valence-corrected chi connectivity index (χ0v) is 27.6. The Morgan fingerprint density at radius 1 is 1.07 bits per heavy atom. The molecule has 11 heteroatoms. The molecule has 250 valence electrons. The topological polar surface area (TPSA) is 129 Å². The van der Waals surface area contributed by atoms with Gasteiger partial charge in [-0.25, -0.2) is 0 Å². The SMILES string of the molecule is CC[C@H](C)[C@H](CO)N1C(=O)[C@@H]2[C@H]3C(=O)O[C@@H](C)CNC(=O)CC/C=C\CN(c4ccc(N(CC)CC)cc4)C(=O)[C@@H]1[C@]21C=C[C@H]3O1. The molecule has 0 aromatic heterocycles. The number of allylic oxidation sites excluding steroid dienone is 1. The minimum Gasteiger partial charge on any atom is -0.460 e. The number of ether oxygens (including phenoxy) is 2. The zero-order chi connectivity index (χ0) is 33.2. The number of aliphatic hydroxyl groups excluding tert-OH is 1. The van der Waals surface area contributed by atoms with Crippen LogP contribution in [0.2, 0.25) is 0 Å². The molecule has 3 amide bonds. The Morgan fingerprint density at radius 3 is 2.43 bits per heavy atom. The summed E-state index contributed by atoms with van der Waals surface area (Å²) in [4.78, 5) is 61.1. The Balaban J connectivity index is 1.63. The van der Waals surface area contributed by atoms with Crippen LogP contribution in [0.4, 0.5) is 11.4 Å². The number of esters is 1. The second kappa shape index (κ2) is 14.0. The van der Waals surface area contributed by atoms with Crippen molar-refractivity contribution >= 4 is 35.1 Å². The third kappa shape index (κ3) is 5.95. The molecule has 2 saturated heterocycles. The molecule has 0 aliphatic carbocycles. The van der Waals surface area contributed by atoms with Gasteiger partial charge in [-0.2, -0.15) is 0 Å². The van der Waals surface area contributed by atoms with Crippen molar-refractivity contribution in [1.82, 2.24) is 10.2 Å². The van der Waals surface area contributed by atoms with Crippen molar-refractivity contribution in [3.63, 3.8) is 0 Å². The van der Waals surface area contributed by atoms with Gasteiger partial charge in [-0.15, -0.1) is 0 Å². The largest absolute Gasteiger partial charge is 0.460 e. The highest BCUT2D eigenvalue weighted by molar-refractivity contribution is 6.05. The van der Waals surface area contributed by atoms with Crippen molar-refractivity contribution in [3.05, 3.63) is 48.6 Å². The molecule has 1 aromatic carbocycles. The quantitative estimate of drug-likeness (QED) is 0.330. The van der Waals surface area contributed by atoms with Gasteiger partial charge in [-0.1, -0.05) is 44.6 Å². The molecule has 11 nitrogen and oxygen atoms in total. The van der Waals surface area contributed by atoms with E-state index in [0.29, 0.717) is 18.5 Å². The van der Waals surface area contributed by atoms with E-state index in [4.69, 9.17) is 9.47 Å². The van der Waals surface area contributed by atoms with Gasteiger partial charge in [-0.3, -0.25) is 19.2 Å². The van der Waals surface area contributed by atoms with Gasteiger partial charge >= 0.3 is 5.97 Å². The first-order valence-electron chi connectivity index (χ1n) is 16.7. The van der Waals surface area contributed by atoms with Crippen molar-refractivity contribution in [2.75, 3.05) is 42.6 Å². The number of carbonyl (C=O) groups excluding carboxylic acids is 4. The molecule has 0 radical (unpaired) electrons. The monoisotopic (exact) mass is 636 g/mol. The summed E-state index contributed by atoms with van der Waals surface area (Å²) in [7, 11) is 0. The third-order valence-corrected chi connectivity index (χ3v) is 10.1. The third-order valence-electron chi connectivity index (χ3n) is 10.1. The van der Waals surface area contributed by atoms with Crippen LogP contribution in [0.1, 0.15) is 53.9 Å². The summed E-state index contributed by atoms with van der Waals surface area (Å²) in [6.07, 6.45) is 7.25. The summed E-state index contributed by atoms with van der Waals surface area (Å²) in [5, 5.41) is 13.5. The highest BCUT2D eigenvalue weighted by atomic mass is 16.6. The Labute approximate surface area is 271 Å². The first kappa shape index (κ1) is 33.7. The maximum Gasteiger partial charge on any atom is 0.313 e. The van der Waals surface area contributed by atoms with E-state index in [9.17, 15) is 19.5 Å². The number of rotatable bonds is 8. The number of cyclic esters (lactones) is 1. The molecule has 8 atom stereocenters. The van der Waals surface area contributed by atoms with Crippen LogP contribution in [-0.2, 0) is 28.7 Å². The summed E-state index contributed by atoms with van der Waals surface area (Å²) in [6, 6.07) is 5.96. The number of hydrogen-bond donors (Lipinski definition) is 2. The number of fused-ring (bicyclic) bond motifs is 2. The highest BCUT2D eigenvalue weighted by Gasteiger charge is 2.74. The molecule has 46 heavy (non-hydrogen) atoms. The van der Waals surface area contributed by atoms with Crippen molar-refractivity contribution in [1.29, 1.82) is 0 Å². The van der Waals surface area contributed by atoms with E-state index in [2.05, 4.69) is 24.1 Å². The van der Waals surface area contributed by atoms with Gasteiger partial charge in [0.2, 0.25) is 11.8 Å². The number of hydrogen-bond acceptors (Lipinski definition) is 8. The second-order valence-electron chi connectivity index (χ2n) is 12.8. The zero-order valence-electron chi connectivity index (χ0n) is 27.6. The van der Waals surface area contributed by atoms with Gasteiger partial charge in [0, 0.05) is 37.4 Å². The fraction of sp³-hybridized carbons (Fsp3) is 0.600. The molecule has 1 aromatic rings. The molecule has 1 spiro atoms. The Kier molecular flexibility index (Phi) is 10.2. The average molecular weight is 637 g/mol. The van der Waals surface area contributed by atoms with Crippen molar-refractivity contribution in [2.24, 2.45) is 17.8 Å². The minimum absolute atomic E-state index is 0.130. The maximum atomic E-state index is 15.0. The van der Waals surface area contributed by atoms with Crippen molar-refractivity contribution in [3.8, 4) is 0 Å². The standard InChI is InChI=1S/C35H48N4O7/c1-6-22(4)26(21-40)39-31-33(43)38(25-15-13-24(14-16-25)37(7-2)8-3)19-11-9-10-12-28(41)36-20-23(5)45-34(44)29-27-17-18-35(31,46-27)30(29)32(39)42/h9,11,13-18,22-23,26-27,29-31,40H,6-8,10,12,19-21H2,1-5H3,(H,36,41)/b11-9-/t22-,23-,26-,27+,29-,30-,31+,35-/m0/s1. The number of likely N-dealkylation sites (tertiary alicyclic amines) is 1. The maximum absolute atomic E-state index is 15.0. The van der Waals surface area contributed by atoms with Gasteiger partial charge in [0.05, 0.1) is 31.2 Å². The number of amides is 3. The van der Waals surface area contributed by atoms with E-state index in [-0.39, 0.29) is 43.8 Å². The molecule has 2 N–H and O–H groups in total. The molecule has 5 bridgehead atoms. The lowest BCUT2D eigenvalue weighted by atomic mass is 9.74. The molecule has 0 saturated carbocycles. The number of anilines is 2. The van der Waals surface area contributed by atoms with Crippen LogP contribution in [0.5, 0.6) is 0 Å². The van der Waals surface area contributed by atoms with Crippen LogP contribution >= 0.6 is 0 Å². The van der Waals surface area contributed by atoms with Crippen LogP contribution in [0.15, 0.2) is 48.6 Å². The molecule has 4 aliphatic heterocycles. The summed E-state index contributed by atoms with van der Waals surface area (Å²) >= 11 is 0. The predicted octanol–water partition coefficient (Wildman–Crippen LogP) is 2.82. The number of carbonyl (C=O) groups is 4. The van der Waals surface area contributed by atoms with Gasteiger partial charge in [-0.05, 0) is 57.4 Å². The lowest BCUT2D eigenvalue weighted by Crippen LogP contribution is -2.59. The van der Waals surface area contributed by atoms with Crippen LogP contribution in [0, 0.1) is 17.8 Å². The number of nitrogens with zero attached hydrogens (tertiary/aromatic N) is 3. The molecule has 5 rings (SSSR count). The lowest BCUT2D eigenvalue weighted by Gasteiger charge is -2.40. The van der Waals surface area contributed by atoms with Crippen molar-refractivity contribution < 1.29 is 33.8 Å². The fourth-order valence-electron chi connectivity index (χ4n) is 7.41. The predicted molar refractivity (Wildman–Crippen MR) is 174 cm³/mol. The van der Waals surface area contributed by atoms with E-state index >= 15 is 4.79 Å². The lowest BCUT2D eigenvalue weighted by molar-refractivity contribution is -0.159. The highest BCUT2D eigenvalue weighted by Crippen LogP contribution is 2.56. The van der Waals surface area contributed by atoms with E-state index < -0.39 is 53.6 Å². The normalized spacial score (nSPS) is 31.8. The Morgan fingerprint density at radius 2 is 1.78 bits per heavy atom. The first-order chi connectivity index (χ1) is 22.1. The van der Waals surface area contributed by atoms with E-state index in [1.165, 1.54) is 4.90 Å². The Hall–Kier alpha value is -3.70. The number of nitrogens with one attached hydrogen (secondary N) is 1. The summed E-state index contributed by atoms with van der Waals surface area (Å²) in [6.45, 7) is 11.4. The second-order valence-corrected chi connectivity index (χ2v) is 12.8. The van der Waals surface area contributed by atoms with Gasteiger partial charge < -0.3 is 34.6 Å². The fourth-order valence-corrected chi connectivity index (χ4v) is 7.41. The number of aliphatic hydroxyl groups is 1. The van der Waals surface area contributed by atoms with E-state index in [1.807, 2.05) is 50.3 Å². The van der Waals surface area contributed by atoms with E-state index in [1.54, 1.807) is 24.0 Å². The molecular formula is C35H48N4O7. The van der Waals surface area contributed by atoms with Crippen LogP contribution in [0.25, 0.3) is 0 Å². The molecule has 2 fully saturated rings. The van der Waals surface area contributed by atoms with Crippen LogP contribution < -0.4 is 15.1 Å². The molecule has 4 aliphatic rings. The Bertz CT molecular complexity index is 1360. The summed E-state index contributed by atoms with van der Waals surface area (Å²) in [5.74, 6) is -3.65. The average Bonchev–Trinajstić information content (AvgIpc) is 3.70. The van der Waals surface area contributed by atoms with Gasteiger partial charge in [0.25, 0.3) is 5.91 Å². The molecule has 0 unspecified atom stereocenters. The summed E-state index contributed by atoms with van der Waals surface area (Å²) in [5.41, 5.74) is 0.259. The van der Waals surface area contributed by atoms with Gasteiger partial charge in [0.1, 0.15) is 23.7 Å². The first-order valence-corrected chi connectivity index (χ1v) is 16.7. The molecular weight excluding hydrogens is 588 g/mol. The van der Waals surface area contributed by atoms with Crippen LogP contribution in [0.3, 0.4) is 0 Å². The van der Waals surface area contributed by atoms with Gasteiger partial charge in [0.15, 0.2) is 0 Å². The molecule has 4 heterocycles. The minimum atomic E-state index is -1.40. The van der Waals surface area contributed by atoms with Crippen LogP contribution in [-0.4, -0.2) is 96.4 Å². The summed E-state index contributed by atoms with van der Waals surface area (Å²) < 4.78 is 12.3. The smallest absolute Gasteiger partial charge is 0.313 e.